The van der Waals surface area contributed by atoms with Crippen LogP contribution in [0.1, 0.15) is 24.1 Å². The summed E-state index contributed by atoms with van der Waals surface area (Å²) >= 11 is 5.00. The molecule has 2 nitrogen and oxygen atoms in total. The molecule has 0 bridgehead atoms. The van der Waals surface area contributed by atoms with Crippen LogP contribution in [0.3, 0.4) is 0 Å². The molecule has 0 aliphatic rings. The number of benzene rings is 3. The molecule has 1 atom stereocenters. The number of hydrogen-bond acceptors (Lipinski definition) is 2. The van der Waals surface area contributed by atoms with E-state index in [1.54, 1.807) is 11.8 Å². The van der Waals surface area contributed by atoms with Crippen molar-refractivity contribution < 1.29 is 4.79 Å². The maximum Gasteiger partial charge on any atom is 0.233 e. The van der Waals surface area contributed by atoms with Gasteiger partial charge in [0.05, 0.1) is 11.3 Å². The second-order valence-corrected chi connectivity index (χ2v) is 8.31. The van der Waals surface area contributed by atoms with E-state index >= 15 is 0 Å². The third kappa shape index (κ3) is 4.99. The van der Waals surface area contributed by atoms with Crippen molar-refractivity contribution in [2.75, 3.05) is 0 Å². The fraction of sp³-hybridized carbons (Fsp3) is 0.136. The number of rotatable bonds is 6. The molecular formula is C22H20BrNOS. The van der Waals surface area contributed by atoms with Crippen molar-refractivity contribution in [2.24, 2.45) is 0 Å². The Hall–Kier alpha value is -2.04. The SMILES string of the molecule is CC(Sc1ccc(Br)cc1)C(=O)NC(c1ccccc1)c1ccccc1. The van der Waals surface area contributed by atoms with Gasteiger partial charge < -0.3 is 5.32 Å². The number of halogens is 1. The molecular weight excluding hydrogens is 406 g/mol. The van der Waals surface area contributed by atoms with Crippen molar-refractivity contribution in [3.05, 3.63) is 101 Å². The molecule has 0 saturated carbocycles. The highest BCUT2D eigenvalue weighted by Gasteiger charge is 2.21. The van der Waals surface area contributed by atoms with Gasteiger partial charge in [-0.15, -0.1) is 11.8 Å². The molecule has 1 N–H and O–H groups in total. The zero-order chi connectivity index (χ0) is 18.4. The summed E-state index contributed by atoms with van der Waals surface area (Å²) in [6.45, 7) is 1.94. The summed E-state index contributed by atoms with van der Waals surface area (Å²) in [7, 11) is 0. The van der Waals surface area contributed by atoms with E-state index < -0.39 is 0 Å². The largest absolute Gasteiger partial charge is 0.344 e. The van der Waals surface area contributed by atoms with Gasteiger partial charge in [0.1, 0.15) is 0 Å². The first-order chi connectivity index (χ1) is 12.6. The number of thioether (sulfide) groups is 1. The Labute approximate surface area is 167 Å². The van der Waals surface area contributed by atoms with Crippen molar-refractivity contribution in [3.8, 4) is 0 Å². The van der Waals surface area contributed by atoms with Gasteiger partial charge in [0.15, 0.2) is 0 Å². The molecule has 3 aromatic carbocycles. The molecule has 0 fully saturated rings. The minimum absolute atomic E-state index is 0.0237. The lowest BCUT2D eigenvalue weighted by Gasteiger charge is -2.22. The average molecular weight is 426 g/mol. The van der Waals surface area contributed by atoms with Crippen molar-refractivity contribution in [2.45, 2.75) is 23.1 Å². The molecule has 3 rings (SSSR count). The zero-order valence-electron chi connectivity index (χ0n) is 14.4. The predicted octanol–water partition coefficient (Wildman–Crippen LogP) is 5.84. The first-order valence-electron chi connectivity index (χ1n) is 8.46. The van der Waals surface area contributed by atoms with Gasteiger partial charge in [-0.3, -0.25) is 4.79 Å². The van der Waals surface area contributed by atoms with Crippen LogP contribution in [0.4, 0.5) is 0 Å². The number of carbonyl (C=O) groups excluding carboxylic acids is 1. The molecule has 0 saturated heterocycles. The van der Waals surface area contributed by atoms with Crippen LogP contribution in [0.5, 0.6) is 0 Å². The lowest BCUT2D eigenvalue weighted by atomic mass is 9.98. The minimum atomic E-state index is -0.189. The summed E-state index contributed by atoms with van der Waals surface area (Å²) in [5, 5.41) is 3.02. The smallest absolute Gasteiger partial charge is 0.233 e. The first-order valence-corrected chi connectivity index (χ1v) is 10.1. The van der Waals surface area contributed by atoms with E-state index in [2.05, 4.69) is 21.2 Å². The Kier molecular flexibility index (Phi) is 6.53. The molecule has 0 aliphatic carbocycles. The van der Waals surface area contributed by atoms with E-state index in [0.717, 1.165) is 20.5 Å². The average Bonchev–Trinajstić information content (AvgIpc) is 2.69. The standard InChI is InChI=1S/C22H20BrNOS/c1-16(26-20-14-12-19(23)13-15-20)22(25)24-21(17-8-4-2-5-9-17)18-10-6-3-7-11-18/h2-16,21H,1H3,(H,24,25). The molecule has 4 heteroatoms. The lowest BCUT2D eigenvalue weighted by Crippen LogP contribution is -2.34. The summed E-state index contributed by atoms with van der Waals surface area (Å²) < 4.78 is 1.03. The monoisotopic (exact) mass is 425 g/mol. The fourth-order valence-corrected chi connectivity index (χ4v) is 3.82. The van der Waals surface area contributed by atoms with Gasteiger partial charge in [0.2, 0.25) is 5.91 Å². The Morgan fingerprint density at radius 3 is 1.85 bits per heavy atom. The van der Waals surface area contributed by atoms with Gasteiger partial charge in [-0.05, 0) is 42.3 Å². The summed E-state index contributed by atoms with van der Waals surface area (Å²) in [5.74, 6) is 0.0237. The van der Waals surface area contributed by atoms with Crippen LogP contribution in [0.2, 0.25) is 0 Å². The topological polar surface area (TPSA) is 29.1 Å². The molecule has 0 aromatic heterocycles. The van der Waals surface area contributed by atoms with Gasteiger partial charge in [0, 0.05) is 9.37 Å². The van der Waals surface area contributed by atoms with Gasteiger partial charge >= 0.3 is 0 Å². The number of hydrogen-bond donors (Lipinski definition) is 1. The zero-order valence-corrected chi connectivity index (χ0v) is 16.8. The second-order valence-electron chi connectivity index (χ2n) is 5.98. The summed E-state index contributed by atoms with van der Waals surface area (Å²) in [5.41, 5.74) is 2.15. The summed E-state index contributed by atoms with van der Waals surface area (Å²) in [6.07, 6.45) is 0. The van der Waals surface area contributed by atoms with Crippen LogP contribution in [0, 0.1) is 0 Å². The summed E-state index contributed by atoms with van der Waals surface area (Å²) in [6, 6.07) is 28.0. The molecule has 0 aliphatic heterocycles. The highest BCUT2D eigenvalue weighted by Crippen LogP contribution is 2.27. The molecule has 3 aromatic rings. The third-order valence-corrected chi connectivity index (χ3v) is 5.69. The van der Waals surface area contributed by atoms with Crippen molar-refractivity contribution in [3.63, 3.8) is 0 Å². The number of carbonyl (C=O) groups is 1. The molecule has 26 heavy (non-hydrogen) atoms. The Morgan fingerprint density at radius 1 is 0.846 bits per heavy atom. The first kappa shape index (κ1) is 18.7. The summed E-state index contributed by atoms with van der Waals surface area (Å²) in [4.78, 5) is 13.9. The predicted molar refractivity (Wildman–Crippen MR) is 112 cm³/mol. The van der Waals surface area contributed by atoms with Crippen molar-refractivity contribution >= 4 is 33.6 Å². The van der Waals surface area contributed by atoms with Gasteiger partial charge in [-0.1, -0.05) is 76.6 Å². The normalized spacial score (nSPS) is 12.0. The van der Waals surface area contributed by atoms with E-state index in [0.29, 0.717) is 0 Å². The molecule has 1 unspecified atom stereocenters. The van der Waals surface area contributed by atoms with E-state index in [1.807, 2.05) is 91.9 Å². The fourth-order valence-electron chi connectivity index (χ4n) is 2.68. The van der Waals surface area contributed by atoms with Crippen LogP contribution >= 0.6 is 27.7 Å². The maximum absolute atomic E-state index is 12.8. The van der Waals surface area contributed by atoms with Gasteiger partial charge in [0.25, 0.3) is 0 Å². The minimum Gasteiger partial charge on any atom is -0.344 e. The molecule has 1 amide bonds. The molecule has 0 radical (unpaired) electrons. The lowest BCUT2D eigenvalue weighted by molar-refractivity contribution is -0.120. The van der Waals surface area contributed by atoms with Gasteiger partial charge in [-0.2, -0.15) is 0 Å². The Balaban J connectivity index is 1.75. The van der Waals surface area contributed by atoms with Crippen LogP contribution in [-0.4, -0.2) is 11.2 Å². The third-order valence-electron chi connectivity index (χ3n) is 4.05. The van der Waals surface area contributed by atoms with Crippen LogP contribution in [0.25, 0.3) is 0 Å². The van der Waals surface area contributed by atoms with Crippen molar-refractivity contribution in [1.82, 2.24) is 5.32 Å². The van der Waals surface area contributed by atoms with Crippen LogP contribution < -0.4 is 5.32 Å². The van der Waals surface area contributed by atoms with Gasteiger partial charge in [-0.25, -0.2) is 0 Å². The van der Waals surface area contributed by atoms with E-state index in [4.69, 9.17) is 0 Å². The molecule has 0 heterocycles. The Morgan fingerprint density at radius 2 is 1.35 bits per heavy atom. The van der Waals surface area contributed by atoms with E-state index in [-0.39, 0.29) is 17.2 Å². The van der Waals surface area contributed by atoms with E-state index in [1.165, 1.54) is 0 Å². The van der Waals surface area contributed by atoms with Crippen molar-refractivity contribution in [1.29, 1.82) is 0 Å². The van der Waals surface area contributed by atoms with Crippen LogP contribution in [0.15, 0.2) is 94.3 Å². The number of amides is 1. The molecule has 0 spiro atoms. The van der Waals surface area contributed by atoms with E-state index in [9.17, 15) is 4.79 Å². The van der Waals surface area contributed by atoms with Crippen LogP contribution in [-0.2, 0) is 4.79 Å². The highest BCUT2D eigenvalue weighted by molar-refractivity contribution is 9.10. The Bertz CT molecular complexity index is 798. The highest BCUT2D eigenvalue weighted by atomic mass is 79.9. The number of nitrogens with one attached hydrogen (secondary N) is 1. The maximum atomic E-state index is 12.8. The molecule has 132 valence electrons. The quantitative estimate of drug-likeness (QED) is 0.502. The second kappa shape index (κ2) is 9.06.